The second-order valence-corrected chi connectivity index (χ2v) is 6.76. The van der Waals surface area contributed by atoms with E-state index in [1.807, 2.05) is 0 Å². The van der Waals surface area contributed by atoms with Crippen molar-refractivity contribution >= 4 is 40.3 Å². The quantitative estimate of drug-likeness (QED) is 0.461. The molecule has 25 heavy (non-hydrogen) atoms. The lowest BCUT2D eigenvalue weighted by Gasteiger charge is -2.20. The van der Waals surface area contributed by atoms with Gasteiger partial charge in [-0.1, -0.05) is 29.8 Å². The number of para-hydroxylation sites is 1. The van der Waals surface area contributed by atoms with Crippen LogP contribution >= 0.6 is 11.6 Å². The van der Waals surface area contributed by atoms with Crippen LogP contribution in [0, 0.1) is 0 Å². The number of fused-ring (bicyclic) bond motifs is 1. The number of carbonyl (C=O) groups is 3. The molecule has 0 aliphatic rings. The molecule has 0 aliphatic carbocycles. The first-order valence-electron chi connectivity index (χ1n) is 7.86. The number of ketones is 1. The van der Waals surface area contributed by atoms with Gasteiger partial charge in [-0.15, -0.1) is 0 Å². The van der Waals surface area contributed by atoms with Crippen molar-refractivity contribution in [1.29, 1.82) is 0 Å². The summed E-state index contributed by atoms with van der Waals surface area (Å²) < 4.78 is 11.3. The van der Waals surface area contributed by atoms with Crippen LogP contribution in [-0.2, 0) is 14.3 Å². The van der Waals surface area contributed by atoms with E-state index in [1.165, 1.54) is 0 Å². The van der Waals surface area contributed by atoms with Gasteiger partial charge in [0, 0.05) is 5.39 Å². The lowest BCUT2D eigenvalue weighted by molar-refractivity contribution is -0.141. The van der Waals surface area contributed by atoms with Gasteiger partial charge in [0.05, 0.1) is 17.7 Å². The molecule has 0 amide bonds. The Morgan fingerprint density at radius 2 is 1.80 bits per heavy atom. The van der Waals surface area contributed by atoms with E-state index in [4.69, 9.17) is 21.1 Å². The number of carbonyl (C=O) groups excluding carboxylic acids is 3. The summed E-state index contributed by atoms with van der Waals surface area (Å²) in [5.41, 5.74) is -0.175. The summed E-state index contributed by atoms with van der Waals surface area (Å²) in [5.74, 6) is -1.15. The molecule has 0 aliphatic heterocycles. The van der Waals surface area contributed by atoms with Crippen molar-refractivity contribution in [3.63, 3.8) is 0 Å². The first-order chi connectivity index (χ1) is 11.7. The molecule has 134 valence electrons. The number of halogens is 1. The first kappa shape index (κ1) is 19.0. The van der Waals surface area contributed by atoms with Crippen LogP contribution in [-0.4, -0.2) is 34.6 Å². The summed E-state index contributed by atoms with van der Waals surface area (Å²) in [6, 6.07) is 6.77. The maximum Gasteiger partial charge on any atom is 0.420 e. The number of Topliss-reactive ketones (excluding diaryl/α,β-unsaturated/α-hetero) is 1. The Morgan fingerprint density at radius 3 is 2.40 bits per heavy atom. The maximum absolute atomic E-state index is 12.5. The van der Waals surface area contributed by atoms with E-state index in [0.29, 0.717) is 10.9 Å². The predicted molar refractivity (Wildman–Crippen MR) is 94.2 cm³/mol. The van der Waals surface area contributed by atoms with Gasteiger partial charge in [-0.3, -0.25) is 9.59 Å². The maximum atomic E-state index is 12.5. The van der Waals surface area contributed by atoms with Gasteiger partial charge in [-0.25, -0.2) is 9.36 Å². The zero-order valence-electron chi connectivity index (χ0n) is 14.6. The number of ether oxygens (including phenoxy) is 2. The van der Waals surface area contributed by atoms with E-state index >= 15 is 0 Å². The molecule has 0 N–H and O–H groups in total. The lowest BCUT2D eigenvalue weighted by Crippen LogP contribution is -2.27. The van der Waals surface area contributed by atoms with Gasteiger partial charge in [0.2, 0.25) is 0 Å². The monoisotopic (exact) mass is 365 g/mol. The second kappa shape index (κ2) is 7.27. The lowest BCUT2D eigenvalue weighted by atomic mass is 10.1. The van der Waals surface area contributed by atoms with Crippen LogP contribution < -0.4 is 0 Å². The van der Waals surface area contributed by atoms with E-state index in [9.17, 15) is 14.4 Å². The van der Waals surface area contributed by atoms with Crippen molar-refractivity contribution in [2.75, 3.05) is 6.61 Å². The molecule has 2 rings (SSSR count). The second-order valence-electron chi connectivity index (χ2n) is 6.40. The third kappa shape index (κ3) is 4.20. The number of hydrogen-bond acceptors (Lipinski definition) is 5. The van der Waals surface area contributed by atoms with Crippen LogP contribution in [0.5, 0.6) is 0 Å². The third-order valence-corrected chi connectivity index (χ3v) is 3.64. The van der Waals surface area contributed by atoms with E-state index in [-0.39, 0.29) is 17.3 Å². The Balaban J connectivity index is 2.52. The summed E-state index contributed by atoms with van der Waals surface area (Å²) in [7, 11) is 0. The molecule has 1 heterocycles. The zero-order valence-corrected chi connectivity index (χ0v) is 15.3. The Morgan fingerprint density at radius 1 is 1.16 bits per heavy atom. The minimum Gasteiger partial charge on any atom is -0.466 e. The van der Waals surface area contributed by atoms with Gasteiger partial charge in [0.15, 0.2) is 5.78 Å². The molecule has 0 unspecified atom stereocenters. The Kier molecular flexibility index (Phi) is 5.52. The topological polar surface area (TPSA) is 74.6 Å². The van der Waals surface area contributed by atoms with Crippen LogP contribution in [0.1, 0.15) is 44.5 Å². The van der Waals surface area contributed by atoms with Crippen molar-refractivity contribution in [1.82, 2.24) is 4.57 Å². The number of esters is 1. The van der Waals surface area contributed by atoms with Gasteiger partial charge >= 0.3 is 12.1 Å². The minimum atomic E-state index is -0.721. The molecule has 6 nitrogen and oxygen atoms in total. The highest BCUT2D eigenvalue weighted by Gasteiger charge is 2.28. The summed E-state index contributed by atoms with van der Waals surface area (Å²) in [5, 5.41) is 0.400. The average Bonchev–Trinajstić information content (AvgIpc) is 2.77. The highest BCUT2D eigenvalue weighted by molar-refractivity contribution is 6.37. The SMILES string of the molecule is CCOC(=O)CC(=O)c1c(Cl)n(C(=O)OC(C)(C)C)c2ccccc12. The number of benzene rings is 1. The smallest absolute Gasteiger partial charge is 0.420 e. The Hall–Kier alpha value is -2.34. The molecule has 0 bridgehead atoms. The van der Waals surface area contributed by atoms with E-state index in [0.717, 1.165) is 4.57 Å². The summed E-state index contributed by atoms with van der Waals surface area (Å²) in [4.78, 5) is 36.7. The van der Waals surface area contributed by atoms with Crippen LogP contribution in [0.15, 0.2) is 24.3 Å². The van der Waals surface area contributed by atoms with Crippen molar-refractivity contribution in [2.45, 2.75) is 39.7 Å². The standard InChI is InChI=1S/C18H20ClNO5/c1-5-24-14(22)10-13(21)15-11-8-6-7-9-12(11)20(16(15)19)17(23)25-18(2,3)4/h6-9H,5,10H2,1-4H3. The fourth-order valence-corrected chi connectivity index (χ4v) is 2.76. The molecule has 7 heteroatoms. The minimum absolute atomic E-state index is 0.0789. The molecule has 1 aromatic carbocycles. The molecule has 1 aromatic heterocycles. The normalized spacial score (nSPS) is 11.4. The average molecular weight is 366 g/mol. The predicted octanol–water partition coefficient (Wildman–Crippen LogP) is 4.21. The molecular formula is C18H20ClNO5. The molecule has 2 aromatic rings. The van der Waals surface area contributed by atoms with Gasteiger partial charge in [-0.2, -0.15) is 0 Å². The molecule has 0 saturated carbocycles. The number of aromatic nitrogens is 1. The van der Waals surface area contributed by atoms with E-state index < -0.39 is 29.9 Å². The summed E-state index contributed by atoms with van der Waals surface area (Å²) in [6.07, 6.45) is -1.14. The highest BCUT2D eigenvalue weighted by Crippen LogP contribution is 2.32. The van der Waals surface area contributed by atoms with Crippen LogP contribution in [0.2, 0.25) is 5.15 Å². The third-order valence-electron chi connectivity index (χ3n) is 3.28. The van der Waals surface area contributed by atoms with Gasteiger partial charge in [-0.05, 0) is 33.8 Å². The fraction of sp³-hybridized carbons (Fsp3) is 0.389. The van der Waals surface area contributed by atoms with Gasteiger partial charge in [0.25, 0.3) is 0 Å². The largest absolute Gasteiger partial charge is 0.466 e. The molecule has 0 radical (unpaired) electrons. The van der Waals surface area contributed by atoms with Crippen molar-refractivity contribution in [3.8, 4) is 0 Å². The number of rotatable bonds is 4. The molecular weight excluding hydrogens is 346 g/mol. The first-order valence-corrected chi connectivity index (χ1v) is 8.24. The zero-order chi connectivity index (χ0) is 18.8. The van der Waals surface area contributed by atoms with E-state index in [1.54, 1.807) is 52.0 Å². The van der Waals surface area contributed by atoms with Crippen LogP contribution in [0.25, 0.3) is 10.9 Å². The van der Waals surface area contributed by atoms with Gasteiger partial charge < -0.3 is 9.47 Å². The summed E-state index contributed by atoms with van der Waals surface area (Å²) >= 11 is 6.32. The molecule has 0 spiro atoms. The van der Waals surface area contributed by atoms with Gasteiger partial charge in [0.1, 0.15) is 17.2 Å². The molecule has 0 saturated heterocycles. The van der Waals surface area contributed by atoms with Crippen molar-refractivity contribution < 1.29 is 23.9 Å². The number of nitrogens with zero attached hydrogens (tertiary/aromatic N) is 1. The summed E-state index contributed by atoms with van der Waals surface area (Å²) in [6.45, 7) is 7.04. The Bertz CT molecular complexity index is 832. The Labute approximate surface area is 150 Å². The van der Waals surface area contributed by atoms with Crippen LogP contribution in [0.4, 0.5) is 4.79 Å². The molecule has 0 fully saturated rings. The van der Waals surface area contributed by atoms with Crippen molar-refractivity contribution in [2.24, 2.45) is 0 Å². The van der Waals surface area contributed by atoms with Crippen molar-refractivity contribution in [3.05, 3.63) is 35.0 Å². The highest BCUT2D eigenvalue weighted by atomic mass is 35.5. The van der Waals surface area contributed by atoms with Crippen LogP contribution in [0.3, 0.4) is 0 Å². The van der Waals surface area contributed by atoms with E-state index in [2.05, 4.69) is 0 Å². The number of hydrogen-bond donors (Lipinski definition) is 0. The molecule has 0 atom stereocenters. The fourth-order valence-electron chi connectivity index (χ4n) is 2.39.